The number of nitrogens with zero attached hydrogens (tertiary/aromatic N) is 3. The van der Waals surface area contributed by atoms with Crippen LogP contribution >= 0.6 is 0 Å². The van der Waals surface area contributed by atoms with Crippen molar-refractivity contribution in [3.8, 4) is 17.6 Å². The van der Waals surface area contributed by atoms with E-state index in [4.69, 9.17) is 4.74 Å². The van der Waals surface area contributed by atoms with Crippen LogP contribution in [0.15, 0.2) is 78.9 Å². The Hall–Kier alpha value is -3.79. The number of carbonyl (C=O) groups is 1. The van der Waals surface area contributed by atoms with Crippen LogP contribution in [0, 0.1) is 11.8 Å². The molecule has 2 aliphatic rings. The van der Waals surface area contributed by atoms with E-state index in [0.29, 0.717) is 24.5 Å². The number of likely N-dealkylation sites (N-methyl/N-ethyl adjacent to an activating group) is 1. The quantitative estimate of drug-likeness (QED) is 0.518. The van der Waals surface area contributed by atoms with Gasteiger partial charge in [-0.05, 0) is 74.6 Å². The van der Waals surface area contributed by atoms with Crippen molar-refractivity contribution < 1.29 is 9.53 Å². The van der Waals surface area contributed by atoms with Crippen LogP contribution in [-0.2, 0) is 0 Å². The van der Waals surface area contributed by atoms with Gasteiger partial charge in [-0.2, -0.15) is 0 Å². The van der Waals surface area contributed by atoms with Gasteiger partial charge in [-0.25, -0.2) is 4.79 Å². The molecule has 0 unspecified atom stereocenters. The second kappa shape index (κ2) is 11.7. The summed E-state index contributed by atoms with van der Waals surface area (Å²) < 4.78 is 5.24. The fourth-order valence-electron chi connectivity index (χ4n) is 5.35. The van der Waals surface area contributed by atoms with E-state index in [1.54, 1.807) is 7.11 Å². The van der Waals surface area contributed by atoms with E-state index >= 15 is 0 Å². The fourth-order valence-corrected chi connectivity index (χ4v) is 5.35. The van der Waals surface area contributed by atoms with Crippen molar-refractivity contribution >= 4 is 11.7 Å². The van der Waals surface area contributed by atoms with Crippen molar-refractivity contribution in [2.24, 2.45) is 0 Å². The van der Waals surface area contributed by atoms with E-state index < -0.39 is 0 Å². The third kappa shape index (κ3) is 6.02. The Morgan fingerprint density at radius 3 is 2.24 bits per heavy atom. The predicted molar refractivity (Wildman–Crippen MR) is 153 cm³/mol. The zero-order valence-corrected chi connectivity index (χ0v) is 22.4. The standard InChI is InChI=1S/C32H36N4O2/c1-34(2)28-19-20-35(32(37)33-27-15-17-29(38-3)18-16-27)23-31-30(22-36(31)21-28)26-13-11-25(12-14-26)10-9-24-7-5-4-6-8-24/h4-8,11-18,28,30-31H,19-23H2,1-3H3,(H,33,37)/t28-,30-,31+/m1/s1. The largest absolute Gasteiger partial charge is 0.497 e. The number of nitrogens with one attached hydrogen (secondary N) is 1. The van der Waals surface area contributed by atoms with Crippen LogP contribution in [0.25, 0.3) is 0 Å². The zero-order chi connectivity index (χ0) is 26.5. The number of fused-ring (bicyclic) bond motifs is 1. The molecule has 2 heterocycles. The van der Waals surface area contributed by atoms with Crippen molar-refractivity contribution in [1.29, 1.82) is 0 Å². The summed E-state index contributed by atoms with van der Waals surface area (Å²) in [4.78, 5) is 20.2. The Morgan fingerprint density at radius 1 is 0.895 bits per heavy atom. The number of benzene rings is 3. The molecule has 6 heteroatoms. The summed E-state index contributed by atoms with van der Waals surface area (Å²) in [6, 6.07) is 26.9. The van der Waals surface area contributed by atoms with Crippen LogP contribution < -0.4 is 10.1 Å². The van der Waals surface area contributed by atoms with Gasteiger partial charge in [0.25, 0.3) is 0 Å². The zero-order valence-electron chi connectivity index (χ0n) is 22.4. The van der Waals surface area contributed by atoms with Crippen molar-refractivity contribution in [1.82, 2.24) is 14.7 Å². The number of hydrogen-bond acceptors (Lipinski definition) is 4. The Labute approximate surface area is 226 Å². The molecule has 6 nitrogen and oxygen atoms in total. The molecule has 0 spiro atoms. The average molecular weight is 509 g/mol. The minimum Gasteiger partial charge on any atom is -0.497 e. The van der Waals surface area contributed by atoms with Gasteiger partial charge in [-0.1, -0.05) is 42.2 Å². The molecule has 3 aromatic rings. The number of ether oxygens (including phenoxy) is 1. The topological polar surface area (TPSA) is 48.1 Å². The smallest absolute Gasteiger partial charge is 0.321 e. The molecule has 2 fully saturated rings. The van der Waals surface area contributed by atoms with E-state index in [1.807, 2.05) is 59.5 Å². The van der Waals surface area contributed by atoms with Gasteiger partial charge in [0, 0.05) is 61.0 Å². The number of hydrogen-bond donors (Lipinski definition) is 1. The van der Waals surface area contributed by atoms with Gasteiger partial charge in [0.05, 0.1) is 7.11 Å². The molecule has 5 rings (SSSR count). The summed E-state index contributed by atoms with van der Waals surface area (Å²) in [5.74, 6) is 7.67. The Morgan fingerprint density at radius 2 is 1.58 bits per heavy atom. The first-order chi connectivity index (χ1) is 18.5. The van der Waals surface area contributed by atoms with E-state index in [0.717, 1.165) is 48.6 Å². The Balaban J connectivity index is 1.30. The summed E-state index contributed by atoms with van der Waals surface area (Å²) in [6.45, 7) is 3.49. The van der Waals surface area contributed by atoms with E-state index in [-0.39, 0.29) is 6.03 Å². The highest BCUT2D eigenvalue weighted by molar-refractivity contribution is 5.89. The molecular formula is C32H36N4O2. The fraction of sp³-hybridized carbons (Fsp3) is 0.344. The maximum absolute atomic E-state index is 13.4. The highest BCUT2D eigenvalue weighted by Gasteiger charge is 2.43. The van der Waals surface area contributed by atoms with Gasteiger partial charge in [0.2, 0.25) is 0 Å². The number of carbonyl (C=O) groups excluding carboxylic acids is 1. The molecule has 196 valence electrons. The first-order valence-electron chi connectivity index (χ1n) is 13.3. The lowest BCUT2D eigenvalue weighted by molar-refractivity contribution is 0.00252. The number of methoxy groups -OCH3 is 1. The SMILES string of the molecule is COc1ccc(NC(=O)N2CC[C@@H](N(C)C)CN3C[C@H](c4ccc(C#Cc5ccccc5)cc4)[C@@H]3C2)cc1. The molecule has 0 saturated carbocycles. The number of rotatable bonds is 4. The molecule has 2 amide bonds. The molecule has 0 radical (unpaired) electrons. The second-order valence-corrected chi connectivity index (χ2v) is 10.4. The van der Waals surface area contributed by atoms with Crippen LogP contribution in [0.1, 0.15) is 29.0 Å². The van der Waals surface area contributed by atoms with Crippen molar-refractivity contribution in [3.63, 3.8) is 0 Å². The molecule has 2 aliphatic heterocycles. The Kier molecular flexibility index (Phi) is 7.97. The molecule has 3 atom stereocenters. The number of amides is 2. The molecular weight excluding hydrogens is 472 g/mol. The van der Waals surface area contributed by atoms with Crippen LogP contribution in [0.5, 0.6) is 5.75 Å². The van der Waals surface area contributed by atoms with Crippen LogP contribution in [0.4, 0.5) is 10.5 Å². The van der Waals surface area contributed by atoms with Crippen molar-refractivity contribution in [2.75, 3.05) is 52.7 Å². The van der Waals surface area contributed by atoms with Crippen LogP contribution in [0.3, 0.4) is 0 Å². The van der Waals surface area contributed by atoms with Gasteiger partial charge in [-0.3, -0.25) is 4.90 Å². The molecule has 0 aromatic heterocycles. The maximum atomic E-state index is 13.4. The predicted octanol–water partition coefficient (Wildman–Crippen LogP) is 4.73. The third-order valence-corrected chi connectivity index (χ3v) is 7.77. The summed E-state index contributed by atoms with van der Waals surface area (Å²) in [5.41, 5.74) is 4.12. The van der Waals surface area contributed by atoms with E-state index in [9.17, 15) is 4.79 Å². The van der Waals surface area contributed by atoms with Crippen LogP contribution in [0.2, 0.25) is 0 Å². The van der Waals surface area contributed by atoms with Crippen molar-refractivity contribution in [2.45, 2.75) is 24.4 Å². The van der Waals surface area contributed by atoms with Gasteiger partial charge >= 0.3 is 6.03 Å². The lowest BCUT2D eigenvalue weighted by Crippen LogP contribution is -2.64. The van der Waals surface area contributed by atoms with Gasteiger partial charge in [-0.15, -0.1) is 0 Å². The molecule has 0 bridgehead atoms. The maximum Gasteiger partial charge on any atom is 0.321 e. The van der Waals surface area contributed by atoms with E-state index in [2.05, 4.69) is 65.3 Å². The summed E-state index contributed by atoms with van der Waals surface area (Å²) in [7, 11) is 5.91. The first-order valence-corrected chi connectivity index (χ1v) is 13.3. The Bertz CT molecular complexity index is 1280. The number of urea groups is 1. The number of anilines is 1. The van der Waals surface area contributed by atoms with Gasteiger partial charge in [0.1, 0.15) is 5.75 Å². The van der Waals surface area contributed by atoms with E-state index in [1.165, 1.54) is 5.56 Å². The molecule has 1 N–H and O–H groups in total. The highest BCUT2D eigenvalue weighted by atomic mass is 16.5. The second-order valence-electron chi connectivity index (χ2n) is 10.4. The third-order valence-electron chi connectivity index (χ3n) is 7.77. The lowest BCUT2D eigenvalue weighted by Gasteiger charge is -2.53. The normalized spacial score (nSPS) is 21.3. The molecule has 2 saturated heterocycles. The first kappa shape index (κ1) is 25.8. The lowest BCUT2D eigenvalue weighted by atomic mass is 9.80. The summed E-state index contributed by atoms with van der Waals surface area (Å²) in [5, 5.41) is 3.09. The van der Waals surface area contributed by atoms with Crippen LogP contribution in [-0.4, -0.2) is 80.2 Å². The average Bonchev–Trinajstić information content (AvgIpc) is 2.93. The minimum absolute atomic E-state index is 0.0493. The minimum atomic E-state index is -0.0493. The monoisotopic (exact) mass is 508 g/mol. The van der Waals surface area contributed by atoms with Gasteiger partial charge in [0.15, 0.2) is 0 Å². The molecule has 0 aliphatic carbocycles. The summed E-state index contributed by atoms with van der Waals surface area (Å²) in [6.07, 6.45) is 0.950. The highest BCUT2D eigenvalue weighted by Crippen LogP contribution is 2.36. The molecule has 38 heavy (non-hydrogen) atoms. The molecule has 3 aromatic carbocycles. The van der Waals surface area contributed by atoms with Gasteiger partial charge < -0.3 is 19.9 Å². The van der Waals surface area contributed by atoms with Crippen molar-refractivity contribution in [3.05, 3.63) is 95.6 Å². The summed E-state index contributed by atoms with van der Waals surface area (Å²) >= 11 is 0.